The van der Waals surface area contributed by atoms with Crippen LogP contribution in [0.25, 0.3) is 6.08 Å². The summed E-state index contributed by atoms with van der Waals surface area (Å²) in [7, 11) is 0. The van der Waals surface area contributed by atoms with Gasteiger partial charge in [0.15, 0.2) is 0 Å². The second-order valence-electron chi connectivity index (χ2n) is 3.72. The van der Waals surface area contributed by atoms with Gasteiger partial charge in [-0.3, -0.25) is 4.79 Å². The second-order valence-corrected chi connectivity index (χ2v) is 3.72. The van der Waals surface area contributed by atoms with Crippen LogP contribution in [0.1, 0.15) is 5.56 Å². The third-order valence-electron chi connectivity index (χ3n) is 2.28. The van der Waals surface area contributed by atoms with E-state index < -0.39 is 5.91 Å². The molecule has 2 rings (SSSR count). The Bertz CT molecular complexity index is 562. The number of para-hydroxylation sites is 1. The minimum atomic E-state index is -0.468. The van der Waals surface area contributed by atoms with Crippen LogP contribution in [0.2, 0.25) is 0 Å². The zero-order valence-electron chi connectivity index (χ0n) is 9.74. The smallest absolute Gasteiger partial charge is 0.241 e. The third kappa shape index (κ3) is 3.49. The van der Waals surface area contributed by atoms with Crippen LogP contribution in [0, 0.1) is 0 Å². The summed E-state index contributed by atoms with van der Waals surface area (Å²) in [5.74, 6) is 1.02. The molecule has 0 heterocycles. The Morgan fingerprint density at radius 3 is 2.44 bits per heavy atom. The molecule has 0 fully saturated rings. The van der Waals surface area contributed by atoms with Crippen LogP contribution in [0.5, 0.6) is 11.5 Å². The molecular formula is C15H13NO2. The van der Waals surface area contributed by atoms with Crippen molar-refractivity contribution in [2.24, 2.45) is 5.73 Å². The summed E-state index contributed by atoms with van der Waals surface area (Å²) >= 11 is 0. The molecule has 0 saturated carbocycles. The van der Waals surface area contributed by atoms with Crippen LogP contribution in [0.4, 0.5) is 0 Å². The van der Waals surface area contributed by atoms with Gasteiger partial charge in [-0.05, 0) is 35.9 Å². The van der Waals surface area contributed by atoms with E-state index in [2.05, 4.69) is 0 Å². The summed E-state index contributed by atoms with van der Waals surface area (Å²) in [5, 5.41) is 0. The second kappa shape index (κ2) is 5.68. The maximum absolute atomic E-state index is 10.7. The van der Waals surface area contributed by atoms with Crippen LogP contribution in [-0.4, -0.2) is 5.91 Å². The first-order chi connectivity index (χ1) is 8.74. The highest BCUT2D eigenvalue weighted by atomic mass is 16.5. The Morgan fingerprint density at radius 2 is 1.72 bits per heavy atom. The number of hydrogen-bond acceptors (Lipinski definition) is 2. The minimum absolute atomic E-state index is 0.468. The van der Waals surface area contributed by atoms with Crippen molar-refractivity contribution in [2.45, 2.75) is 0 Å². The molecule has 0 aliphatic carbocycles. The molecule has 2 aromatic rings. The molecule has 0 aromatic heterocycles. The van der Waals surface area contributed by atoms with E-state index in [1.54, 1.807) is 6.08 Å². The van der Waals surface area contributed by atoms with Crippen molar-refractivity contribution in [1.29, 1.82) is 0 Å². The fourth-order valence-corrected chi connectivity index (χ4v) is 1.48. The Morgan fingerprint density at radius 1 is 1.00 bits per heavy atom. The molecule has 90 valence electrons. The van der Waals surface area contributed by atoms with E-state index in [4.69, 9.17) is 10.5 Å². The average molecular weight is 239 g/mol. The lowest BCUT2D eigenvalue weighted by molar-refractivity contribution is -0.113. The van der Waals surface area contributed by atoms with Gasteiger partial charge in [0.2, 0.25) is 5.91 Å². The summed E-state index contributed by atoms with van der Waals surface area (Å²) in [6.45, 7) is 0. The quantitative estimate of drug-likeness (QED) is 0.834. The first-order valence-corrected chi connectivity index (χ1v) is 5.54. The zero-order chi connectivity index (χ0) is 12.8. The number of primary amides is 1. The Labute approximate surface area is 106 Å². The van der Waals surface area contributed by atoms with Gasteiger partial charge in [0.1, 0.15) is 11.5 Å². The summed E-state index contributed by atoms with van der Waals surface area (Å²) in [5.41, 5.74) is 5.91. The van der Waals surface area contributed by atoms with E-state index in [-0.39, 0.29) is 0 Å². The molecule has 0 spiro atoms. The number of carbonyl (C=O) groups is 1. The van der Waals surface area contributed by atoms with Crippen LogP contribution in [0.3, 0.4) is 0 Å². The van der Waals surface area contributed by atoms with Gasteiger partial charge in [-0.2, -0.15) is 0 Å². The molecule has 0 aliphatic rings. The van der Waals surface area contributed by atoms with E-state index in [0.717, 1.165) is 11.3 Å². The van der Waals surface area contributed by atoms with Crippen molar-refractivity contribution in [3.05, 3.63) is 66.2 Å². The summed E-state index contributed by atoms with van der Waals surface area (Å²) < 4.78 is 5.68. The number of nitrogens with two attached hydrogens (primary N) is 1. The maximum atomic E-state index is 10.7. The van der Waals surface area contributed by atoms with Gasteiger partial charge in [0.25, 0.3) is 0 Å². The number of carbonyl (C=O) groups excluding carboxylic acids is 1. The lowest BCUT2D eigenvalue weighted by Crippen LogP contribution is -2.05. The van der Waals surface area contributed by atoms with Crippen LogP contribution < -0.4 is 10.5 Å². The van der Waals surface area contributed by atoms with Gasteiger partial charge in [-0.25, -0.2) is 0 Å². The Kier molecular flexibility index (Phi) is 3.76. The third-order valence-corrected chi connectivity index (χ3v) is 2.28. The number of hydrogen-bond donors (Lipinski definition) is 1. The van der Waals surface area contributed by atoms with E-state index in [1.165, 1.54) is 6.08 Å². The SMILES string of the molecule is NC(=O)C=Cc1cccc(Oc2ccccc2)c1. The van der Waals surface area contributed by atoms with Crippen molar-refractivity contribution in [3.8, 4) is 11.5 Å². The Hall–Kier alpha value is -2.55. The van der Waals surface area contributed by atoms with E-state index in [0.29, 0.717) is 5.75 Å². The summed E-state index contributed by atoms with van der Waals surface area (Å²) in [6.07, 6.45) is 2.97. The average Bonchev–Trinajstić information content (AvgIpc) is 2.38. The highest BCUT2D eigenvalue weighted by Crippen LogP contribution is 2.22. The fraction of sp³-hybridized carbons (Fsp3) is 0. The van der Waals surface area contributed by atoms with Crippen LogP contribution in [-0.2, 0) is 4.79 Å². The number of ether oxygens (including phenoxy) is 1. The number of amides is 1. The summed E-state index contributed by atoms with van der Waals surface area (Å²) in [4.78, 5) is 10.7. The lowest BCUT2D eigenvalue weighted by atomic mass is 10.2. The molecule has 0 radical (unpaired) electrons. The summed E-state index contributed by atoms with van der Waals surface area (Å²) in [6, 6.07) is 16.9. The normalized spacial score (nSPS) is 10.4. The monoisotopic (exact) mass is 239 g/mol. The molecule has 0 aliphatic heterocycles. The first kappa shape index (κ1) is 11.9. The highest BCUT2D eigenvalue weighted by molar-refractivity contribution is 5.90. The molecule has 0 bridgehead atoms. The predicted molar refractivity (Wildman–Crippen MR) is 71.2 cm³/mol. The minimum Gasteiger partial charge on any atom is -0.457 e. The van der Waals surface area contributed by atoms with Gasteiger partial charge in [-0.15, -0.1) is 0 Å². The number of rotatable bonds is 4. The van der Waals surface area contributed by atoms with Crippen molar-refractivity contribution < 1.29 is 9.53 Å². The zero-order valence-corrected chi connectivity index (χ0v) is 9.74. The largest absolute Gasteiger partial charge is 0.457 e. The van der Waals surface area contributed by atoms with E-state index in [1.807, 2.05) is 54.6 Å². The maximum Gasteiger partial charge on any atom is 0.241 e. The van der Waals surface area contributed by atoms with Gasteiger partial charge < -0.3 is 10.5 Å². The van der Waals surface area contributed by atoms with Gasteiger partial charge in [0.05, 0.1) is 0 Å². The fourth-order valence-electron chi connectivity index (χ4n) is 1.48. The van der Waals surface area contributed by atoms with Gasteiger partial charge in [0, 0.05) is 6.08 Å². The molecule has 0 saturated heterocycles. The Balaban J connectivity index is 2.15. The molecule has 3 nitrogen and oxygen atoms in total. The van der Waals surface area contributed by atoms with Crippen molar-refractivity contribution in [1.82, 2.24) is 0 Å². The molecule has 2 N–H and O–H groups in total. The highest BCUT2D eigenvalue weighted by Gasteiger charge is 1.97. The van der Waals surface area contributed by atoms with E-state index >= 15 is 0 Å². The van der Waals surface area contributed by atoms with Crippen molar-refractivity contribution in [3.63, 3.8) is 0 Å². The molecular weight excluding hydrogens is 226 g/mol. The predicted octanol–water partition coefficient (Wildman–Crippen LogP) is 2.98. The van der Waals surface area contributed by atoms with Crippen LogP contribution >= 0.6 is 0 Å². The van der Waals surface area contributed by atoms with Crippen LogP contribution in [0.15, 0.2) is 60.7 Å². The molecule has 0 atom stereocenters. The standard InChI is InChI=1S/C15H13NO2/c16-15(17)10-9-12-5-4-8-14(11-12)18-13-6-2-1-3-7-13/h1-11H,(H2,16,17). The topological polar surface area (TPSA) is 52.3 Å². The molecule has 0 unspecified atom stereocenters. The molecule has 18 heavy (non-hydrogen) atoms. The van der Waals surface area contributed by atoms with Gasteiger partial charge in [-0.1, -0.05) is 30.3 Å². The van der Waals surface area contributed by atoms with Gasteiger partial charge >= 0.3 is 0 Å². The number of benzene rings is 2. The van der Waals surface area contributed by atoms with Crippen molar-refractivity contribution >= 4 is 12.0 Å². The molecule has 3 heteroatoms. The lowest BCUT2D eigenvalue weighted by Gasteiger charge is -2.05. The van der Waals surface area contributed by atoms with E-state index in [9.17, 15) is 4.79 Å². The molecule has 2 aromatic carbocycles. The first-order valence-electron chi connectivity index (χ1n) is 5.54. The molecule has 1 amide bonds. The van der Waals surface area contributed by atoms with Crippen molar-refractivity contribution in [2.75, 3.05) is 0 Å².